The Morgan fingerprint density at radius 2 is 2.00 bits per heavy atom. The smallest absolute Gasteiger partial charge is 0.321 e. The molecule has 1 saturated carbocycles. The standard InChI is InChI=1S/C24H25FN4O2S/c1-16-6-2-3-11-21(16)29(22(30)18-8-5-9-18)14-20-15-32-24(27-20)28-23(31)26-13-17-7-4-10-19(25)12-17/h2-4,6-7,10-12,15,18H,5,8-9,13-14H2,1H3,(H2,26,27,28,31). The number of carbonyl (C=O) groups excluding carboxylic acids is 2. The number of halogens is 1. The minimum absolute atomic E-state index is 0.0689. The van der Waals surface area contributed by atoms with Gasteiger partial charge in [0.2, 0.25) is 5.91 Å². The molecule has 0 radical (unpaired) electrons. The summed E-state index contributed by atoms with van der Waals surface area (Å²) >= 11 is 1.30. The van der Waals surface area contributed by atoms with Crippen LogP contribution in [0.3, 0.4) is 0 Å². The second-order valence-corrected chi connectivity index (χ2v) is 8.78. The molecule has 0 unspecified atom stereocenters. The third-order valence-corrected chi connectivity index (χ3v) is 6.37. The first kappa shape index (κ1) is 22.0. The fraction of sp³-hybridized carbons (Fsp3) is 0.292. The van der Waals surface area contributed by atoms with Gasteiger partial charge in [-0.3, -0.25) is 10.1 Å². The molecule has 0 spiro atoms. The van der Waals surface area contributed by atoms with Crippen molar-refractivity contribution in [1.29, 1.82) is 0 Å². The topological polar surface area (TPSA) is 74.3 Å². The molecule has 0 bridgehead atoms. The van der Waals surface area contributed by atoms with Crippen molar-refractivity contribution in [2.45, 2.75) is 39.3 Å². The minimum atomic E-state index is -0.420. The average molecular weight is 453 g/mol. The molecule has 0 saturated heterocycles. The van der Waals surface area contributed by atoms with Gasteiger partial charge < -0.3 is 10.2 Å². The first-order valence-corrected chi connectivity index (χ1v) is 11.5. The predicted molar refractivity (Wildman–Crippen MR) is 124 cm³/mol. The van der Waals surface area contributed by atoms with Crippen LogP contribution in [0.25, 0.3) is 0 Å². The molecule has 3 aromatic rings. The van der Waals surface area contributed by atoms with Gasteiger partial charge in [0, 0.05) is 23.5 Å². The van der Waals surface area contributed by atoms with Crippen molar-refractivity contribution in [3.05, 3.63) is 76.5 Å². The molecule has 3 amide bonds. The van der Waals surface area contributed by atoms with Gasteiger partial charge >= 0.3 is 6.03 Å². The molecule has 1 aliphatic carbocycles. The highest BCUT2D eigenvalue weighted by atomic mass is 32.1. The van der Waals surface area contributed by atoms with Crippen molar-refractivity contribution in [3.8, 4) is 0 Å². The zero-order valence-electron chi connectivity index (χ0n) is 17.8. The molecule has 1 heterocycles. The molecule has 1 aliphatic rings. The second kappa shape index (κ2) is 9.91. The fourth-order valence-electron chi connectivity index (χ4n) is 3.59. The lowest BCUT2D eigenvalue weighted by Gasteiger charge is -2.32. The molecule has 6 nitrogen and oxygen atoms in total. The average Bonchev–Trinajstić information content (AvgIpc) is 3.17. The molecule has 0 aliphatic heterocycles. The number of rotatable bonds is 7. The zero-order valence-corrected chi connectivity index (χ0v) is 18.6. The van der Waals surface area contributed by atoms with Gasteiger partial charge in [-0.25, -0.2) is 14.2 Å². The number of aromatic nitrogens is 1. The Morgan fingerprint density at radius 1 is 1.19 bits per heavy atom. The molecule has 4 rings (SSSR count). The predicted octanol–water partition coefficient (Wildman–Crippen LogP) is 5.25. The normalized spacial score (nSPS) is 13.3. The van der Waals surface area contributed by atoms with E-state index in [9.17, 15) is 14.0 Å². The van der Waals surface area contributed by atoms with Crippen LogP contribution in [0.1, 0.15) is 36.1 Å². The highest BCUT2D eigenvalue weighted by molar-refractivity contribution is 7.13. The Labute approximate surface area is 190 Å². The molecular formula is C24H25FN4O2S. The van der Waals surface area contributed by atoms with Gasteiger partial charge in [-0.2, -0.15) is 0 Å². The summed E-state index contributed by atoms with van der Waals surface area (Å²) in [6.07, 6.45) is 2.95. The van der Waals surface area contributed by atoms with E-state index in [0.717, 1.165) is 30.5 Å². The highest BCUT2D eigenvalue weighted by Gasteiger charge is 2.31. The van der Waals surface area contributed by atoms with Crippen LogP contribution >= 0.6 is 11.3 Å². The van der Waals surface area contributed by atoms with Crippen molar-refractivity contribution in [3.63, 3.8) is 0 Å². The summed E-state index contributed by atoms with van der Waals surface area (Å²) < 4.78 is 13.3. The summed E-state index contributed by atoms with van der Waals surface area (Å²) in [6, 6.07) is 13.5. The Hall–Kier alpha value is -3.26. The van der Waals surface area contributed by atoms with Crippen molar-refractivity contribution in [2.75, 3.05) is 10.2 Å². The van der Waals surface area contributed by atoms with Gasteiger partial charge in [0.1, 0.15) is 5.82 Å². The first-order chi connectivity index (χ1) is 15.5. The van der Waals surface area contributed by atoms with Crippen molar-refractivity contribution in [2.24, 2.45) is 5.92 Å². The molecule has 2 N–H and O–H groups in total. The maximum Gasteiger partial charge on any atom is 0.321 e. The third kappa shape index (κ3) is 5.31. The lowest BCUT2D eigenvalue weighted by Crippen LogP contribution is -2.39. The van der Waals surface area contributed by atoms with Gasteiger partial charge in [-0.1, -0.05) is 36.8 Å². The lowest BCUT2D eigenvalue weighted by molar-refractivity contribution is -0.124. The van der Waals surface area contributed by atoms with E-state index in [0.29, 0.717) is 22.9 Å². The number of carbonyl (C=O) groups is 2. The SMILES string of the molecule is Cc1ccccc1N(Cc1csc(NC(=O)NCc2cccc(F)c2)n1)C(=O)C1CCC1. The van der Waals surface area contributed by atoms with E-state index in [1.807, 2.05) is 41.5 Å². The van der Waals surface area contributed by atoms with Crippen LogP contribution in [0.15, 0.2) is 53.9 Å². The van der Waals surface area contributed by atoms with Crippen LogP contribution in [0.5, 0.6) is 0 Å². The molecule has 8 heteroatoms. The number of thiazole rings is 1. The minimum Gasteiger partial charge on any atom is -0.334 e. The zero-order chi connectivity index (χ0) is 22.5. The van der Waals surface area contributed by atoms with E-state index in [1.165, 1.54) is 23.5 Å². The van der Waals surface area contributed by atoms with Gasteiger partial charge in [-0.05, 0) is 49.1 Å². The van der Waals surface area contributed by atoms with E-state index in [4.69, 9.17) is 0 Å². The Kier molecular flexibility index (Phi) is 6.80. The first-order valence-electron chi connectivity index (χ1n) is 10.6. The number of hydrogen-bond donors (Lipinski definition) is 2. The Morgan fingerprint density at radius 3 is 2.72 bits per heavy atom. The summed E-state index contributed by atoms with van der Waals surface area (Å²) in [5.41, 5.74) is 3.31. The van der Waals surface area contributed by atoms with Gasteiger partial charge in [-0.15, -0.1) is 11.3 Å². The largest absolute Gasteiger partial charge is 0.334 e. The van der Waals surface area contributed by atoms with E-state index >= 15 is 0 Å². The van der Waals surface area contributed by atoms with Crippen molar-refractivity contribution < 1.29 is 14.0 Å². The van der Waals surface area contributed by atoms with Crippen LogP contribution in [0.2, 0.25) is 0 Å². The van der Waals surface area contributed by atoms with Gasteiger partial charge in [0.25, 0.3) is 0 Å². The molecule has 166 valence electrons. The summed E-state index contributed by atoms with van der Waals surface area (Å²) in [5, 5.41) is 7.69. The molecule has 32 heavy (non-hydrogen) atoms. The number of anilines is 2. The quantitative estimate of drug-likeness (QED) is 0.514. The number of amides is 3. The number of nitrogens with zero attached hydrogens (tertiary/aromatic N) is 2. The molecular weight excluding hydrogens is 427 g/mol. The molecule has 1 aromatic heterocycles. The number of urea groups is 1. The molecule has 2 aromatic carbocycles. The summed E-state index contributed by atoms with van der Waals surface area (Å²) in [6.45, 7) is 2.55. The monoisotopic (exact) mass is 452 g/mol. The van der Waals surface area contributed by atoms with Crippen LogP contribution in [0.4, 0.5) is 20.0 Å². The maximum atomic E-state index is 13.3. The van der Waals surface area contributed by atoms with Crippen molar-refractivity contribution in [1.82, 2.24) is 10.3 Å². The van der Waals surface area contributed by atoms with E-state index in [-0.39, 0.29) is 24.2 Å². The summed E-state index contributed by atoms with van der Waals surface area (Å²) in [4.78, 5) is 31.6. The number of para-hydroxylation sites is 1. The molecule has 0 atom stereocenters. The van der Waals surface area contributed by atoms with Crippen LogP contribution < -0.4 is 15.5 Å². The lowest BCUT2D eigenvalue weighted by atomic mass is 9.84. The molecule has 1 fully saturated rings. The van der Waals surface area contributed by atoms with Gasteiger partial charge in [0.15, 0.2) is 5.13 Å². The fourth-order valence-corrected chi connectivity index (χ4v) is 4.29. The maximum absolute atomic E-state index is 13.3. The van der Waals surface area contributed by atoms with Crippen LogP contribution in [-0.2, 0) is 17.9 Å². The van der Waals surface area contributed by atoms with E-state index in [2.05, 4.69) is 15.6 Å². The Balaban J connectivity index is 1.40. The highest BCUT2D eigenvalue weighted by Crippen LogP contribution is 2.32. The van der Waals surface area contributed by atoms with Crippen LogP contribution in [-0.4, -0.2) is 16.9 Å². The number of benzene rings is 2. The number of nitrogens with one attached hydrogen (secondary N) is 2. The van der Waals surface area contributed by atoms with Crippen LogP contribution in [0, 0.1) is 18.7 Å². The Bertz CT molecular complexity index is 1110. The van der Waals surface area contributed by atoms with E-state index in [1.54, 1.807) is 12.1 Å². The van der Waals surface area contributed by atoms with Gasteiger partial charge in [0.05, 0.1) is 12.2 Å². The third-order valence-electron chi connectivity index (χ3n) is 5.56. The summed E-state index contributed by atoms with van der Waals surface area (Å²) in [7, 11) is 0. The second-order valence-electron chi connectivity index (χ2n) is 7.92. The van der Waals surface area contributed by atoms with E-state index < -0.39 is 6.03 Å². The number of aryl methyl sites for hydroxylation is 1. The summed E-state index contributed by atoms with van der Waals surface area (Å²) in [5.74, 6) is -0.149. The number of hydrogen-bond acceptors (Lipinski definition) is 4. The van der Waals surface area contributed by atoms with Crippen molar-refractivity contribution >= 4 is 34.1 Å².